The second-order valence-corrected chi connectivity index (χ2v) is 6.78. The SMILES string of the molecule is CCc1ccc(CN2CCC(CNC(=O)c3ncccc3C)C2)nc1. The molecular weight excluding hydrogens is 312 g/mol. The molecule has 1 fully saturated rings. The number of carbonyl (C=O) groups is 1. The van der Waals surface area contributed by atoms with Gasteiger partial charge in [-0.3, -0.25) is 19.7 Å². The van der Waals surface area contributed by atoms with Crippen LogP contribution >= 0.6 is 0 Å². The summed E-state index contributed by atoms with van der Waals surface area (Å²) in [5.41, 5.74) is 3.83. The summed E-state index contributed by atoms with van der Waals surface area (Å²) in [5, 5.41) is 3.04. The fraction of sp³-hybridized carbons (Fsp3) is 0.450. The van der Waals surface area contributed by atoms with Crippen molar-refractivity contribution in [1.29, 1.82) is 0 Å². The summed E-state index contributed by atoms with van der Waals surface area (Å²) >= 11 is 0. The van der Waals surface area contributed by atoms with Crippen molar-refractivity contribution >= 4 is 5.91 Å². The molecule has 25 heavy (non-hydrogen) atoms. The lowest BCUT2D eigenvalue weighted by atomic mass is 10.1. The molecule has 2 aromatic rings. The van der Waals surface area contributed by atoms with Crippen molar-refractivity contribution in [2.24, 2.45) is 5.92 Å². The number of rotatable bonds is 6. The third-order valence-corrected chi connectivity index (χ3v) is 4.83. The maximum Gasteiger partial charge on any atom is 0.270 e. The van der Waals surface area contributed by atoms with Gasteiger partial charge in [0, 0.05) is 32.0 Å². The number of hydrogen-bond acceptors (Lipinski definition) is 4. The number of pyridine rings is 2. The molecular formula is C20H26N4O. The van der Waals surface area contributed by atoms with Crippen LogP contribution in [0.2, 0.25) is 0 Å². The van der Waals surface area contributed by atoms with Gasteiger partial charge in [-0.1, -0.05) is 19.1 Å². The van der Waals surface area contributed by atoms with Crippen molar-refractivity contribution in [2.45, 2.75) is 33.2 Å². The minimum atomic E-state index is -0.0756. The number of aromatic nitrogens is 2. The average molecular weight is 338 g/mol. The van der Waals surface area contributed by atoms with Gasteiger partial charge in [-0.25, -0.2) is 0 Å². The van der Waals surface area contributed by atoms with E-state index in [4.69, 9.17) is 0 Å². The molecule has 132 valence electrons. The molecule has 0 saturated carbocycles. The van der Waals surface area contributed by atoms with Gasteiger partial charge >= 0.3 is 0 Å². The lowest BCUT2D eigenvalue weighted by Crippen LogP contribution is -2.31. The van der Waals surface area contributed by atoms with Gasteiger partial charge in [-0.05, 0) is 55.5 Å². The number of likely N-dealkylation sites (tertiary alicyclic amines) is 1. The van der Waals surface area contributed by atoms with Crippen LogP contribution in [0, 0.1) is 12.8 Å². The summed E-state index contributed by atoms with van der Waals surface area (Å²) in [7, 11) is 0. The normalized spacial score (nSPS) is 17.6. The smallest absolute Gasteiger partial charge is 0.270 e. The zero-order chi connectivity index (χ0) is 17.6. The van der Waals surface area contributed by atoms with E-state index in [0.717, 1.165) is 43.7 Å². The van der Waals surface area contributed by atoms with Crippen molar-refractivity contribution in [3.8, 4) is 0 Å². The highest BCUT2D eigenvalue weighted by molar-refractivity contribution is 5.93. The Morgan fingerprint density at radius 2 is 2.20 bits per heavy atom. The first-order chi connectivity index (χ1) is 12.2. The van der Waals surface area contributed by atoms with E-state index in [1.54, 1.807) is 6.20 Å². The van der Waals surface area contributed by atoms with Crippen LogP contribution in [0.1, 0.15) is 40.7 Å². The van der Waals surface area contributed by atoms with E-state index in [1.165, 1.54) is 5.56 Å². The Morgan fingerprint density at radius 3 is 2.92 bits per heavy atom. The zero-order valence-electron chi connectivity index (χ0n) is 15.0. The van der Waals surface area contributed by atoms with Gasteiger partial charge in [-0.2, -0.15) is 0 Å². The van der Waals surface area contributed by atoms with E-state index in [9.17, 15) is 4.79 Å². The minimum absolute atomic E-state index is 0.0756. The van der Waals surface area contributed by atoms with E-state index in [-0.39, 0.29) is 5.91 Å². The van der Waals surface area contributed by atoms with Gasteiger partial charge < -0.3 is 5.32 Å². The molecule has 1 amide bonds. The maximum absolute atomic E-state index is 12.3. The Kier molecular flexibility index (Phi) is 5.76. The van der Waals surface area contributed by atoms with E-state index < -0.39 is 0 Å². The third kappa shape index (κ3) is 4.63. The topological polar surface area (TPSA) is 58.1 Å². The van der Waals surface area contributed by atoms with E-state index in [2.05, 4.69) is 39.2 Å². The Labute approximate surface area is 149 Å². The van der Waals surface area contributed by atoms with E-state index in [0.29, 0.717) is 18.2 Å². The standard InChI is InChI=1S/C20H26N4O/c1-3-16-6-7-18(22-11-16)14-24-10-8-17(13-24)12-23-20(25)19-15(2)5-4-9-21-19/h4-7,9,11,17H,3,8,10,12-14H2,1-2H3,(H,23,25). The summed E-state index contributed by atoms with van der Waals surface area (Å²) < 4.78 is 0. The number of hydrogen-bond donors (Lipinski definition) is 1. The highest BCUT2D eigenvalue weighted by Gasteiger charge is 2.23. The summed E-state index contributed by atoms with van der Waals surface area (Å²) in [5.74, 6) is 0.413. The van der Waals surface area contributed by atoms with Gasteiger partial charge in [0.1, 0.15) is 5.69 Å². The number of carbonyl (C=O) groups excluding carboxylic acids is 1. The van der Waals surface area contributed by atoms with Crippen molar-refractivity contribution in [1.82, 2.24) is 20.2 Å². The van der Waals surface area contributed by atoms with Crippen molar-refractivity contribution < 1.29 is 4.79 Å². The predicted molar refractivity (Wildman–Crippen MR) is 98.3 cm³/mol. The van der Waals surface area contributed by atoms with Crippen LogP contribution in [0.25, 0.3) is 0 Å². The molecule has 2 aromatic heterocycles. The molecule has 5 nitrogen and oxygen atoms in total. The fourth-order valence-corrected chi connectivity index (χ4v) is 3.25. The summed E-state index contributed by atoms with van der Waals surface area (Å²) in [6.45, 7) is 7.69. The molecule has 3 rings (SSSR count). The monoisotopic (exact) mass is 338 g/mol. The van der Waals surface area contributed by atoms with Gasteiger partial charge in [0.15, 0.2) is 0 Å². The van der Waals surface area contributed by atoms with Crippen LogP contribution in [0.5, 0.6) is 0 Å². The van der Waals surface area contributed by atoms with Crippen LogP contribution in [0.15, 0.2) is 36.7 Å². The molecule has 0 aromatic carbocycles. The Hall–Kier alpha value is -2.27. The van der Waals surface area contributed by atoms with Crippen LogP contribution in [-0.2, 0) is 13.0 Å². The third-order valence-electron chi connectivity index (χ3n) is 4.83. The van der Waals surface area contributed by atoms with Crippen LogP contribution < -0.4 is 5.32 Å². The minimum Gasteiger partial charge on any atom is -0.350 e. The van der Waals surface area contributed by atoms with Gasteiger partial charge in [0.2, 0.25) is 0 Å². The molecule has 1 aliphatic heterocycles. The molecule has 1 unspecified atom stereocenters. The highest BCUT2D eigenvalue weighted by atomic mass is 16.1. The Bertz CT molecular complexity index is 714. The molecule has 1 saturated heterocycles. The molecule has 5 heteroatoms. The molecule has 0 aliphatic carbocycles. The Morgan fingerprint density at radius 1 is 1.32 bits per heavy atom. The maximum atomic E-state index is 12.3. The first-order valence-electron chi connectivity index (χ1n) is 9.01. The lowest BCUT2D eigenvalue weighted by molar-refractivity contribution is 0.0941. The lowest BCUT2D eigenvalue weighted by Gasteiger charge is -2.16. The molecule has 0 spiro atoms. The zero-order valence-corrected chi connectivity index (χ0v) is 15.0. The van der Waals surface area contributed by atoms with Gasteiger partial charge in [0.05, 0.1) is 5.69 Å². The van der Waals surface area contributed by atoms with Crippen LogP contribution in [-0.4, -0.2) is 40.4 Å². The average Bonchev–Trinajstić information content (AvgIpc) is 3.08. The summed E-state index contributed by atoms with van der Waals surface area (Å²) in [4.78, 5) is 23.4. The fourth-order valence-electron chi connectivity index (χ4n) is 3.25. The molecule has 3 heterocycles. The van der Waals surface area contributed by atoms with Gasteiger partial charge in [0.25, 0.3) is 5.91 Å². The molecule has 1 N–H and O–H groups in total. The van der Waals surface area contributed by atoms with Crippen LogP contribution in [0.3, 0.4) is 0 Å². The molecule has 0 radical (unpaired) electrons. The largest absolute Gasteiger partial charge is 0.350 e. The van der Waals surface area contributed by atoms with Crippen molar-refractivity contribution in [3.63, 3.8) is 0 Å². The van der Waals surface area contributed by atoms with Crippen molar-refractivity contribution in [2.75, 3.05) is 19.6 Å². The molecule has 0 bridgehead atoms. The summed E-state index contributed by atoms with van der Waals surface area (Å²) in [6.07, 6.45) is 5.76. The van der Waals surface area contributed by atoms with Crippen LogP contribution in [0.4, 0.5) is 0 Å². The first-order valence-corrected chi connectivity index (χ1v) is 9.01. The quantitative estimate of drug-likeness (QED) is 0.879. The Balaban J connectivity index is 1.46. The highest BCUT2D eigenvalue weighted by Crippen LogP contribution is 2.18. The number of nitrogens with zero attached hydrogens (tertiary/aromatic N) is 3. The van der Waals surface area contributed by atoms with Gasteiger partial charge in [-0.15, -0.1) is 0 Å². The second kappa shape index (κ2) is 8.21. The molecule has 1 atom stereocenters. The number of nitrogens with one attached hydrogen (secondary N) is 1. The van der Waals surface area contributed by atoms with Crippen molar-refractivity contribution in [3.05, 3.63) is 59.2 Å². The summed E-state index contributed by atoms with van der Waals surface area (Å²) in [6, 6.07) is 8.04. The van der Waals surface area contributed by atoms with E-state index >= 15 is 0 Å². The predicted octanol–water partition coefficient (Wildman–Crippen LogP) is 2.60. The molecule has 1 aliphatic rings. The first kappa shape index (κ1) is 17.5. The number of aryl methyl sites for hydroxylation is 2. The number of amides is 1. The second-order valence-electron chi connectivity index (χ2n) is 6.78. The van der Waals surface area contributed by atoms with E-state index in [1.807, 2.05) is 25.3 Å².